The van der Waals surface area contributed by atoms with Gasteiger partial charge in [-0.1, -0.05) is 20.3 Å². The SMILES string of the molecule is Cc1cncc(NC2CC(C)CCC2C)c1. The summed E-state index contributed by atoms with van der Waals surface area (Å²) in [5, 5.41) is 3.64. The third-order valence-electron chi connectivity index (χ3n) is 3.69. The second-order valence-corrected chi connectivity index (χ2v) is 5.40. The largest absolute Gasteiger partial charge is 0.381 e. The van der Waals surface area contributed by atoms with Gasteiger partial charge in [-0.25, -0.2) is 0 Å². The van der Waals surface area contributed by atoms with Crippen molar-refractivity contribution in [1.29, 1.82) is 0 Å². The average Bonchev–Trinajstić information content (AvgIpc) is 2.24. The Bertz CT molecular complexity index is 348. The van der Waals surface area contributed by atoms with Crippen LogP contribution in [0.4, 0.5) is 5.69 Å². The van der Waals surface area contributed by atoms with Gasteiger partial charge < -0.3 is 5.32 Å². The van der Waals surface area contributed by atoms with Crippen LogP contribution in [0.3, 0.4) is 0 Å². The average molecular weight is 218 g/mol. The normalized spacial score (nSPS) is 30.1. The molecule has 3 unspecified atom stereocenters. The van der Waals surface area contributed by atoms with E-state index in [0.717, 1.165) is 11.8 Å². The number of nitrogens with one attached hydrogen (secondary N) is 1. The van der Waals surface area contributed by atoms with Crippen molar-refractivity contribution >= 4 is 5.69 Å². The van der Waals surface area contributed by atoms with Crippen LogP contribution in [0.5, 0.6) is 0 Å². The molecular formula is C14H22N2. The van der Waals surface area contributed by atoms with Gasteiger partial charge in [0.2, 0.25) is 0 Å². The molecule has 1 aliphatic rings. The lowest BCUT2D eigenvalue weighted by Gasteiger charge is -2.34. The summed E-state index contributed by atoms with van der Waals surface area (Å²) in [6, 6.07) is 2.80. The fraction of sp³-hybridized carbons (Fsp3) is 0.643. The number of aryl methyl sites for hydroxylation is 1. The summed E-state index contributed by atoms with van der Waals surface area (Å²) >= 11 is 0. The van der Waals surface area contributed by atoms with Gasteiger partial charge in [-0.05, 0) is 43.2 Å². The molecule has 1 saturated carbocycles. The Morgan fingerprint density at radius 2 is 2.06 bits per heavy atom. The third-order valence-corrected chi connectivity index (χ3v) is 3.69. The second-order valence-electron chi connectivity index (χ2n) is 5.40. The minimum atomic E-state index is 0.618. The summed E-state index contributed by atoms with van der Waals surface area (Å²) in [7, 11) is 0. The molecule has 1 aromatic rings. The number of aromatic nitrogens is 1. The fourth-order valence-electron chi connectivity index (χ4n) is 2.58. The lowest BCUT2D eigenvalue weighted by molar-refractivity contribution is 0.280. The van der Waals surface area contributed by atoms with Gasteiger partial charge in [0.15, 0.2) is 0 Å². The van der Waals surface area contributed by atoms with Crippen molar-refractivity contribution in [3.05, 3.63) is 24.0 Å². The van der Waals surface area contributed by atoms with Gasteiger partial charge in [0.05, 0.1) is 5.69 Å². The molecule has 1 N–H and O–H groups in total. The predicted molar refractivity (Wildman–Crippen MR) is 68.6 cm³/mol. The van der Waals surface area contributed by atoms with E-state index >= 15 is 0 Å². The predicted octanol–water partition coefficient (Wildman–Crippen LogP) is 3.63. The number of nitrogens with zero attached hydrogens (tertiary/aromatic N) is 1. The summed E-state index contributed by atoms with van der Waals surface area (Å²) in [5.41, 5.74) is 2.40. The van der Waals surface area contributed by atoms with Gasteiger partial charge in [-0.15, -0.1) is 0 Å². The number of pyridine rings is 1. The van der Waals surface area contributed by atoms with Crippen molar-refractivity contribution in [2.24, 2.45) is 11.8 Å². The minimum Gasteiger partial charge on any atom is -0.381 e. The Morgan fingerprint density at radius 3 is 2.81 bits per heavy atom. The topological polar surface area (TPSA) is 24.9 Å². The lowest BCUT2D eigenvalue weighted by Crippen LogP contribution is -2.33. The first-order chi connectivity index (χ1) is 7.65. The van der Waals surface area contributed by atoms with Crippen LogP contribution >= 0.6 is 0 Å². The maximum Gasteiger partial charge on any atom is 0.0531 e. The van der Waals surface area contributed by atoms with Gasteiger partial charge in [0.1, 0.15) is 0 Å². The van der Waals surface area contributed by atoms with Gasteiger partial charge >= 0.3 is 0 Å². The molecule has 0 amide bonds. The molecule has 0 aromatic carbocycles. The Hall–Kier alpha value is -1.05. The van der Waals surface area contributed by atoms with Crippen LogP contribution in [0.25, 0.3) is 0 Å². The van der Waals surface area contributed by atoms with E-state index in [1.807, 2.05) is 12.4 Å². The molecule has 1 aliphatic carbocycles. The molecule has 0 bridgehead atoms. The monoisotopic (exact) mass is 218 g/mol. The molecule has 16 heavy (non-hydrogen) atoms. The summed E-state index contributed by atoms with van der Waals surface area (Å²) < 4.78 is 0. The van der Waals surface area contributed by atoms with E-state index in [9.17, 15) is 0 Å². The van der Waals surface area contributed by atoms with Crippen LogP contribution in [0.2, 0.25) is 0 Å². The van der Waals surface area contributed by atoms with Crippen molar-refractivity contribution in [2.75, 3.05) is 5.32 Å². The van der Waals surface area contributed by atoms with Crippen LogP contribution in [0.15, 0.2) is 18.5 Å². The standard InChI is InChI=1S/C14H22N2/c1-10-4-5-12(3)14(7-10)16-13-6-11(2)8-15-9-13/h6,8-10,12,14,16H,4-5,7H2,1-3H3. The van der Waals surface area contributed by atoms with E-state index < -0.39 is 0 Å². The van der Waals surface area contributed by atoms with Crippen LogP contribution in [-0.4, -0.2) is 11.0 Å². The maximum absolute atomic E-state index is 4.23. The van der Waals surface area contributed by atoms with Gasteiger partial charge in [0.25, 0.3) is 0 Å². The zero-order chi connectivity index (χ0) is 11.5. The Morgan fingerprint density at radius 1 is 1.25 bits per heavy atom. The van der Waals surface area contributed by atoms with Crippen molar-refractivity contribution in [1.82, 2.24) is 4.98 Å². The molecule has 0 spiro atoms. The second kappa shape index (κ2) is 4.86. The number of hydrogen-bond donors (Lipinski definition) is 1. The highest BCUT2D eigenvalue weighted by Crippen LogP contribution is 2.30. The molecule has 2 nitrogen and oxygen atoms in total. The smallest absolute Gasteiger partial charge is 0.0531 e. The van der Waals surface area contributed by atoms with Crippen molar-refractivity contribution in [3.8, 4) is 0 Å². The van der Waals surface area contributed by atoms with E-state index in [2.05, 4.69) is 37.1 Å². The van der Waals surface area contributed by atoms with Crippen molar-refractivity contribution < 1.29 is 0 Å². The van der Waals surface area contributed by atoms with Crippen LogP contribution in [-0.2, 0) is 0 Å². The highest BCUT2D eigenvalue weighted by atomic mass is 14.9. The molecule has 0 saturated heterocycles. The summed E-state index contributed by atoms with van der Waals surface area (Å²) in [4.78, 5) is 4.23. The fourth-order valence-corrected chi connectivity index (χ4v) is 2.58. The van der Waals surface area contributed by atoms with E-state index in [1.165, 1.54) is 30.5 Å². The first-order valence-electron chi connectivity index (χ1n) is 6.33. The zero-order valence-electron chi connectivity index (χ0n) is 10.5. The Labute approximate surface area is 98.5 Å². The molecule has 2 rings (SSSR count). The molecule has 3 atom stereocenters. The van der Waals surface area contributed by atoms with Crippen LogP contribution in [0, 0.1) is 18.8 Å². The van der Waals surface area contributed by atoms with Crippen LogP contribution < -0.4 is 5.32 Å². The quantitative estimate of drug-likeness (QED) is 0.820. The number of rotatable bonds is 2. The van der Waals surface area contributed by atoms with E-state index in [-0.39, 0.29) is 0 Å². The molecule has 88 valence electrons. The van der Waals surface area contributed by atoms with Gasteiger partial charge in [-0.3, -0.25) is 4.98 Å². The summed E-state index contributed by atoms with van der Waals surface area (Å²) in [5.74, 6) is 1.63. The van der Waals surface area contributed by atoms with E-state index in [4.69, 9.17) is 0 Å². The van der Waals surface area contributed by atoms with Crippen LogP contribution in [0.1, 0.15) is 38.7 Å². The van der Waals surface area contributed by atoms with Gasteiger partial charge in [-0.2, -0.15) is 0 Å². The maximum atomic E-state index is 4.23. The highest BCUT2D eigenvalue weighted by Gasteiger charge is 2.25. The molecule has 1 heterocycles. The Kier molecular flexibility index (Phi) is 3.47. The lowest BCUT2D eigenvalue weighted by atomic mass is 9.80. The van der Waals surface area contributed by atoms with Crippen molar-refractivity contribution in [2.45, 2.75) is 46.1 Å². The highest BCUT2D eigenvalue weighted by molar-refractivity contribution is 5.43. The molecule has 1 aromatic heterocycles. The van der Waals surface area contributed by atoms with Crippen molar-refractivity contribution in [3.63, 3.8) is 0 Å². The molecular weight excluding hydrogens is 196 g/mol. The van der Waals surface area contributed by atoms with E-state index in [0.29, 0.717) is 6.04 Å². The molecule has 2 heteroatoms. The Balaban J connectivity index is 2.02. The first kappa shape index (κ1) is 11.4. The van der Waals surface area contributed by atoms with Gasteiger partial charge in [0, 0.05) is 18.4 Å². The summed E-state index contributed by atoms with van der Waals surface area (Å²) in [6.07, 6.45) is 7.84. The molecule has 0 aliphatic heterocycles. The number of hydrogen-bond acceptors (Lipinski definition) is 2. The zero-order valence-corrected chi connectivity index (χ0v) is 10.5. The first-order valence-corrected chi connectivity index (χ1v) is 6.33. The summed E-state index contributed by atoms with van der Waals surface area (Å²) in [6.45, 7) is 6.80. The van der Waals surface area contributed by atoms with E-state index in [1.54, 1.807) is 0 Å². The third kappa shape index (κ3) is 2.75. The molecule has 1 fully saturated rings. The molecule has 0 radical (unpaired) electrons. The minimum absolute atomic E-state index is 0.618. The number of anilines is 1.